The summed E-state index contributed by atoms with van der Waals surface area (Å²) >= 11 is 0. The van der Waals surface area contributed by atoms with E-state index in [1.54, 1.807) is 28.4 Å². The molecule has 0 fully saturated rings. The first-order valence-corrected chi connectivity index (χ1v) is 41.9. The fourth-order valence-corrected chi connectivity index (χ4v) is 16.2. The fourth-order valence-electron chi connectivity index (χ4n) is 16.2. The molecule has 0 radical (unpaired) electrons. The van der Waals surface area contributed by atoms with Crippen LogP contribution in [0.5, 0.6) is 69.0 Å². The Morgan fingerprint density at radius 2 is 0.525 bits per heavy atom. The predicted octanol–water partition coefficient (Wildman–Crippen LogP) is 22.7. The Balaban J connectivity index is 0.000000139. The summed E-state index contributed by atoms with van der Waals surface area (Å²) in [6.45, 7) is 7.40. The van der Waals surface area contributed by atoms with E-state index in [0.717, 1.165) is 154 Å². The number of methoxy groups -OCH3 is 4. The molecular weight excluding hydrogens is 1500 g/mol. The lowest BCUT2D eigenvalue weighted by molar-refractivity contribution is -0.132. The highest BCUT2D eigenvalue weighted by Gasteiger charge is 2.29. The van der Waals surface area contributed by atoms with E-state index in [4.69, 9.17) is 56.8 Å². The Morgan fingerprint density at radius 3 is 0.792 bits per heavy atom. The molecule has 0 saturated heterocycles. The van der Waals surface area contributed by atoms with Gasteiger partial charge in [-0.25, -0.2) is 0 Å². The van der Waals surface area contributed by atoms with Gasteiger partial charge in [-0.2, -0.15) is 0 Å². The predicted molar refractivity (Wildman–Crippen MR) is 471 cm³/mol. The Labute approximate surface area is 707 Å². The summed E-state index contributed by atoms with van der Waals surface area (Å²) in [5.41, 5.74) is 14.4. The molecule has 0 saturated carbocycles. The molecule has 12 aromatic rings. The summed E-state index contributed by atoms with van der Waals surface area (Å²) in [6, 6.07) is 99.2. The second kappa shape index (κ2) is 44.1. The second-order valence-corrected chi connectivity index (χ2v) is 30.0. The Bertz CT molecular complexity index is 4880. The topological polar surface area (TPSA) is 151 Å². The molecule has 0 aliphatic carbocycles. The number of amides is 2. The number of carbonyl (C=O) groups excluding carboxylic acids is 2. The molecule has 12 aromatic carbocycles. The third kappa shape index (κ3) is 22.9. The number of benzene rings is 12. The number of hydrogen-bond acceptors (Lipinski definition) is 14. The zero-order valence-electron chi connectivity index (χ0n) is 69.8. The molecule has 16 heteroatoms. The van der Waals surface area contributed by atoms with E-state index < -0.39 is 0 Å². The first-order chi connectivity index (χ1) is 59.1. The van der Waals surface area contributed by atoms with Crippen LogP contribution in [0, 0.1) is 0 Å². The second-order valence-electron chi connectivity index (χ2n) is 30.0. The number of para-hydroxylation sites is 4. The van der Waals surface area contributed by atoms with Gasteiger partial charge < -0.3 is 66.6 Å². The van der Waals surface area contributed by atoms with Gasteiger partial charge in [0.15, 0.2) is 46.0 Å². The van der Waals surface area contributed by atoms with E-state index in [0.29, 0.717) is 52.6 Å². The molecule has 0 unspecified atom stereocenters. The molecular formula is C104H110N2O14. The van der Waals surface area contributed by atoms with E-state index in [1.807, 2.05) is 157 Å². The van der Waals surface area contributed by atoms with Crippen molar-refractivity contribution in [3.8, 4) is 69.0 Å². The number of rotatable bonds is 34. The van der Waals surface area contributed by atoms with Crippen LogP contribution in [-0.2, 0) is 35.5 Å². The molecule has 4 aliphatic rings. The van der Waals surface area contributed by atoms with Crippen molar-refractivity contribution in [3.05, 3.63) is 358 Å². The van der Waals surface area contributed by atoms with Crippen LogP contribution < -0.4 is 56.8 Å². The molecule has 0 aromatic heterocycles. The molecule has 2 amide bonds. The number of carbonyl (C=O) groups is 2. The smallest absolute Gasteiger partial charge is 0.231 e. The number of unbranched alkanes of at least 4 members (excludes halogenated alkanes) is 2. The molecule has 4 heterocycles. The maximum Gasteiger partial charge on any atom is 0.231 e. The summed E-state index contributed by atoms with van der Waals surface area (Å²) < 4.78 is 67.1. The van der Waals surface area contributed by atoms with Crippen molar-refractivity contribution in [1.82, 2.24) is 9.80 Å². The minimum atomic E-state index is 0.0450. The summed E-state index contributed by atoms with van der Waals surface area (Å²) in [5.74, 6) is 10.8. The van der Waals surface area contributed by atoms with Crippen molar-refractivity contribution in [1.29, 1.82) is 0 Å². The average molecular weight is 1610 g/mol. The van der Waals surface area contributed by atoms with Gasteiger partial charge in [0.25, 0.3) is 0 Å². The van der Waals surface area contributed by atoms with Crippen molar-refractivity contribution in [2.45, 2.75) is 128 Å². The molecule has 0 bridgehead atoms. The van der Waals surface area contributed by atoms with Crippen LogP contribution in [0.1, 0.15) is 168 Å². The lowest BCUT2D eigenvalue weighted by Crippen LogP contribution is -2.31. The summed E-state index contributed by atoms with van der Waals surface area (Å²) in [6.07, 6.45) is 11.5. The SMILES string of the molecule is CCC(=O)N(CC[C@@H](c1ccc2c(c1)OCO2)c1ccccc1OC)Cc1ccccc1.CCC(=O)N(CC[C@H](c1ccc2c(c1)OCO2)c1ccccc1OC)Cc1ccccc1.COc1ccccc1[C@@H](CCCCc1ccccc1)c1ccc2c(c1)OCO2.COc1ccccc1[C@H](CCCCc1ccccc1)c1ccc2c(c1)OCO2. The highest BCUT2D eigenvalue weighted by molar-refractivity contribution is 5.76. The van der Waals surface area contributed by atoms with Gasteiger partial charge >= 0.3 is 0 Å². The van der Waals surface area contributed by atoms with Crippen LogP contribution in [-0.4, -0.2) is 90.3 Å². The zero-order valence-corrected chi connectivity index (χ0v) is 69.8. The van der Waals surface area contributed by atoms with Gasteiger partial charge in [0.2, 0.25) is 39.0 Å². The van der Waals surface area contributed by atoms with Crippen molar-refractivity contribution in [2.24, 2.45) is 0 Å². The van der Waals surface area contributed by atoms with Crippen molar-refractivity contribution >= 4 is 11.8 Å². The summed E-state index contributed by atoms with van der Waals surface area (Å²) in [5, 5.41) is 0. The lowest BCUT2D eigenvalue weighted by Gasteiger charge is -2.27. The molecule has 16 nitrogen and oxygen atoms in total. The van der Waals surface area contributed by atoms with Gasteiger partial charge in [-0.3, -0.25) is 9.59 Å². The highest BCUT2D eigenvalue weighted by atomic mass is 16.7. The first kappa shape index (κ1) is 85.1. The van der Waals surface area contributed by atoms with E-state index >= 15 is 0 Å². The molecule has 620 valence electrons. The van der Waals surface area contributed by atoms with Crippen molar-refractivity contribution in [3.63, 3.8) is 0 Å². The van der Waals surface area contributed by atoms with Crippen molar-refractivity contribution < 1.29 is 66.4 Å². The van der Waals surface area contributed by atoms with Crippen LogP contribution >= 0.6 is 0 Å². The Hall–Kier alpha value is -12.8. The molecule has 4 aliphatic heterocycles. The normalized spacial score (nSPS) is 13.1. The van der Waals surface area contributed by atoms with Crippen LogP contribution in [0.3, 0.4) is 0 Å². The molecule has 0 N–H and O–H groups in total. The Morgan fingerprint density at radius 1 is 0.283 bits per heavy atom. The lowest BCUT2D eigenvalue weighted by atomic mass is 9.86. The number of ether oxygens (including phenoxy) is 12. The first-order valence-electron chi connectivity index (χ1n) is 41.9. The quantitative estimate of drug-likeness (QED) is 0.0352. The average Bonchev–Trinajstić information content (AvgIpc) is 1.48. The number of nitrogens with zero attached hydrogens (tertiary/aromatic N) is 2. The summed E-state index contributed by atoms with van der Waals surface area (Å²) in [7, 11) is 6.87. The maximum atomic E-state index is 12.7. The third-order valence-corrected chi connectivity index (χ3v) is 22.5. The van der Waals surface area contributed by atoms with E-state index in [-0.39, 0.29) is 49.1 Å². The zero-order chi connectivity index (χ0) is 83.0. The molecule has 120 heavy (non-hydrogen) atoms. The van der Waals surface area contributed by atoms with Gasteiger partial charge in [0.1, 0.15) is 23.0 Å². The van der Waals surface area contributed by atoms with Gasteiger partial charge in [-0.1, -0.05) is 245 Å². The standard InChI is InChI=1S/2C27H29NO4.2C25H26O3/c2*1-3-27(29)28(18-20-9-5-4-6-10-20)16-15-22(23-11-7-8-12-24(23)30-2)21-13-14-25-26(17-21)32-19-31-25;2*1-26-23-14-8-7-13-22(23)21(12-6-5-11-19-9-3-2-4-10-19)20-15-16-24-25(17-20)28-18-27-24/h2*4-14,17,22H,3,15-16,18-19H2,1-2H3;2*2-4,7-10,13-17,21H,5-6,11-12,18H2,1H3/t2*22-;2*21-/m1010/s1. The fraction of sp³-hybridized carbons (Fsp3) is 0.288. The van der Waals surface area contributed by atoms with Crippen LogP contribution in [0.4, 0.5) is 0 Å². The summed E-state index contributed by atoms with van der Waals surface area (Å²) in [4.78, 5) is 29.4. The van der Waals surface area contributed by atoms with Gasteiger partial charge in [0, 0.05) is 84.9 Å². The molecule has 16 rings (SSSR count). The minimum Gasteiger partial charge on any atom is -0.496 e. The monoisotopic (exact) mass is 1610 g/mol. The molecule has 0 spiro atoms. The van der Waals surface area contributed by atoms with Crippen LogP contribution in [0.25, 0.3) is 0 Å². The number of aryl methyl sites for hydroxylation is 2. The van der Waals surface area contributed by atoms with Crippen LogP contribution in [0.2, 0.25) is 0 Å². The van der Waals surface area contributed by atoms with Gasteiger partial charge in [0.05, 0.1) is 28.4 Å². The van der Waals surface area contributed by atoms with E-state index in [2.05, 4.69) is 158 Å². The highest BCUT2D eigenvalue weighted by Crippen LogP contribution is 2.46. The Kier molecular flexibility index (Phi) is 31.3. The van der Waals surface area contributed by atoms with Gasteiger partial charge in [-0.05, 0) is 169 Å². The minimum absolute atomic E-state index is 0.0450. The molecule has 4 atom stereocenters. The largest absolute Gasteiger partial charge is 0.496 e. The van der Waals surface area contributed by atoms with Gasteiger partial charge in [-0.15, -0.1) is 0 Å². The maximum absolute atomic E-state index is 12.7. The third-order valence-electron chi connectivity index (χ3n) is 22.5. The number of hydrogen-bond donors (Lipinski definition) is 0. The van der Waals surface area contributed by atoms with E-state index in [1.165, 1.54) is 46.2 Å². The van der Waals surface area contributed by atoms with Crippen LogP contribution in [0.15, 0.2) is 291 Å². The number of fused-ring (bicyclic) bond motifs is 4. The van der Waals surface area contributed by atoms with E-state index in [9.17, 15) is 9.59 Å². The van der Waals surface area contributed by atoms with Crippen molar-refractivity contribution in [2.75, 3.05) is 68.7 Å².